The minimum absolute atomic E-state index is 0.482. The molecule has 0 radical (unpaired) electrons. The maximum absolute atomic E-state index is 11.0. The molecule has 70 valence electrons. The van der Waals surface area contributed by atoms with Crippen LogP contribution in [0, 0.1) is 0 Å². The standard InChI is InChI=1S/C7H15N3O2/c1-5-7(2,12)8-6(11)9-10(3)4/h5,12H,1H2,2-4H3,(H2,8,9,11). The monoisotopic (exact) mass is 173 g/mol. The maximum atomic E-state index is 11.0. The van der Waals surface area contributed by atoms with Gasteiger partial charge in [0.1, 0.15) is 0 Å². The number of carbonyl (C=O) groups is 1. The summed E-state index contributed by atoms with van der Waals surface area (Å²) >= 11 is 0. The largest absolute Gasteiger partial charge is 0.368 e. The van der Waals surface area contributed by atoms with Gasteiger partial charge >= 0.3 is 6.03 Å². The highest BCUT2D eigenvalue weighted by Crippen LogP contribution is 1.96. The molecule has 0 aromatic carbocycles. The van der Waals surface area contributed by atoms with Crippen LogP contribution in [-0.2, 0) is 0 Å². The van der Waals surface area contributed by atoms with Crippen molar-refractivity contribution in [3.63, 3.8) is 0 Å². The Bertz CT molecular complexity index is 177. The summed E-state index contributed by atoms with van der Waals surface area (Å²) in [6.07, 6.45) is 1.24. The molecule has 0 saturated carbocycles. The van der Waals surface area contributed by atoms with Gasteiger partial charge in [0.25, 0.3) is 0 Å². The third-order valence-electron chi connectivity index (χ3n) is 1.09. The van der Waals surface area contributed by atoms with E-state index in [0.717, 1.165) is 0 Å². The molecule has 12 heavy (non-hydrogen) atoms. The molecular weight excluding hydrogens is 158 g/mol. The van der Waals surface area contributed by atoms with Crippen molar-refractivity contribution in [1.82, 2.24) is 15.8 Å². The molecule has 5 nitrogen and oxygen atoms in total. The third-order valence-corrected chi connectivity index (χ3v) is 1.09. The van der Waals surface area contributed by atoms with Crippen LogP contribution in [-0.4, -0.2) is 36.0 Å². The van der Waals surface area contributed by atoms with E-state index in [1.54, 1.807) is 14.1 Å². The van der Waals surface area contributed by atoms with Gasteiger partial charge in [-0.3, -0.25) is 5.43 Å². The van der Waals surface area contributed by atoms with Crippen molar-refractivity contribution in [3.8, 4) is 0 Å². The van der Waals surface area contributed by atoms with Crippen LogP contribution in [0.25, 0.3) is 0 Å². The predicted octanol–water partition coefficient (Wildman–Crippen LogP) is -0.343. The van der Waals surface area contributed by atoms with E-state index in [1.165, 1.54) is 18.0 Å². The van der Waals surface area contributed by atoms with Crippen LogP contribution in [0.2, 0.25) is 0 Å². The first-order chi connectivity index (χ1) is 5.37. The summed E-state index contributed by atoms with van der Waals surface area (Å²) in [6, 6.07) is -0.482. The van der Waals surface area contributed by atoms with Crippen molar-refractivity contribution in [2.24, 2.45) is 0 Å². The fourth-order valence-electron chi connectivity index (χ4n) is 0.512. The molecule has 5 heteroatoms. The molecule has 0 aliphatic heterocycles. The van der Waals surface area contributed by atoms with Crippen LogP contribution in [0.15, 0.2) is 12.7 Å². The van der Waals surface area contributed by atoms with E-state index in [9.17, 15) is 9.90 Å². The smallest absolute Gasteiger partial charge is 0.331 e. The summed E-state index contributed by atoms with van der Waals surface area (Å²) in [7, 11) is 3.34. The number of carbonyl (C=O) groups excluding carboxylic acids is 1. The molecule has 2 amide bonds. The minimum Gasteiger partial charge on any atom is -0.368 e. The van der Waals surface area contributed by atoms with Gasteiger partial charge in [-0.05, 0) is 13.0 Å². The van der Waals surface area contributed by atoms with Crippen molar-refractivity contribution in [1.29, 1.82) is 0 Å². The Morgan fingerprint density at radius 2 is 2.17 bits per heavy atom. The summed E-state index contributed by atoms with van der Waals surface area (Å²) in [4.78, 5) is 11.0. The van der Waals surface area contributed by atoms with Gasteiger partial charge in [0.05, 0.1) is 0 Å². The van der Waals surface area contributed by atoms with Crippen molar-refractivity contribution < 1.29 is 9.90 Å². The molecular formula is C7H15N3O2. The van der Waals surface area contributed by atoms with E-state index >= 15 is 0 Å². The highest BCUT2D eigenvalue weighted by molar-refractivity contribution is 5.74. The fraction of sp³-hybridized carbons (Fsp3) is 0.571. The van der Waals surface area contributed by atoms with E-state index in [-0.39, 0.29) is 0 Å². The summed E-state index contributed by atoms with van der Waals surface area (Å²) in [5.41, 5.74) is 1.03. The summed E-state index contributed by atoms with van der Waals surface area (Å²) in [6.45, 7) is 4.78. The van der Waals surface area contributed by atoms with Crippen LogP contribution in [0.1, 0.15) is 6.92 Å². The van der Waals surface area contributed by atoms with E-state index in [1.807, 2.05) is 0 Å². The summed E-state index contributed by atoms with van der Waals surface area (Å²) < 4.78 is 0. The maximum Gasteiger partial charge on any atom is 0.331 e. The number of amides is 2. The molecule has 1 unspecified atom stereocenters. The lowest BCUT2D eigenvalue weighted by atomic mass is 10.3. The number of aliphatic hydroxyl groups is 1. The molecule has 0 fully saturated rings. The molecule has 0 heterocycles. The van der Waals surface area contributed by atoms with E-state index in [0.29, 0.717) is 0 Å². The normalized spacial score (nSPS) is 15.1. The van der Waals surface area contributed by atoms with Gasteiger partial charge < -0.3 is 10.4 Å². The zero-order chi connectivity index (χ0) is 9.78. The molecule has 0 spiro atoms. The second-order valence-corrected chi connectivity index (χ2v) is 2.81. The molecule has 0 saturated heterocycles. The average molecular weight is 173 g/mol. The van der Waals surface area contributed by atoms with Crippen LogP contribution in [0.3, 0.4) is 0 Å². The summed E-state index contributed by atoms with van der Waals surface area (Å²) in [5, 5.41) is 13.0. The van der Waals surface area contributed by atoms with Crippen molar-refractivity contribution in [2.75, 3.05) is 14.1 Å². The van der Waals surface area contributed by atoms with Crippen LogP contribution >= 0.6 is 0 Å². The molecule has 0 bridgehead atoms. The highest BCUT2D eigenvalue weighted by atomic mass is 16.3. The Morgan fingerprint density at radius 1 is 1.67 bits per heavy atom. The molecule has 0 aromatic heterocycles. The molecule has 0 aromatic rings. The first-order valence-corrected chi connectivity index (χ1v) is 3.49. The molecule has 1 atom stereocenters. The van der Waals surface area contributed by atoms with Gasteiger partial charge in [0.2, 0.25) is 0 Å². The number of urea groups is 1. The molecule has 0 rings (SSSR count). The lowest BCUT2D eigenvalue weighted by molar-refractivity contribution is 0.0800. The number of hydrogen-bond acceptors (Lipinski definition) is 3. The van der Waals surface area contributed by atoms with Gasteiger partial charge in [0, 0.05) is 14.1 Å². The molecule has 0 aliphatic carbocycles. The number of hydrogen-bond donors (Lipinski definition) is 3. The molecule has 0 aliphatic rings. The zero-order valence-corrected chi connectivity index (χ0v) is 7.59. The lowest BCUT2D eigenvalue weighted by Gasteiger charge is -2.22. The van der Waals surface area contributed by atoms with E-state index < -0.39 is 11.8 Å². The Morgan fingerprint density at radius 3 is 2.50 bits per heavy atom. The second-order valence-electron chi connectivity index (χ2n) is 2.81. The van der Waals surface area contributed by atoms with Gasteiger partial charge in [-0.1, -0.05) is 6.58 Å². The SMILES string of the molecule is C=CC(C)(O)NC(=O)NN(C)C. The summed E-state index contributed by atoms with van der Waals surface area (Å²) in [5.74, 6) is 0. The van der Waals surface area contributed by atoms with Gasteiger partial charge in [0.15, 0.2) is 5.72 Å². The van der Waals surface area contributed by atoms with E-state index in [4.69, 9.17) is 0 Å². The Kier molecular flexibility index (Phi) is 3.72. The third kappa shape index (κ3) is 4.70. The fourth-order valence-corrected chi connectivity index (χ4v) is 0.512. The minimum atomic E-state index is -1.37. The number of nitrogens with one attached hydrogen (secondary N) is 2. The van der Waals surface area contributed by atoms with Crippen molar-refractivity contribution in [3.05, 3.63) is 12.7 Å². The first kappa shape index (κ1) is 10.9. The average Bonchev–Trinajstić information content (AvgIpc) is 1.84. The second kappa shape index (κ2) is 4.08. The van der Waals surface area contributed by atoms with Crippen LogP contribution < -0.4 is 10.7 Å². The van der Waals surface area contributed by atoms with Crippen LogP contribution in [0.5, 0.6) is 0 Å². The lowest BCUT2D eigenvalue weighted by Crippen LogP contribution is -2.52. The van der Waals surface area contributed by atoms with Gasteiger partial charge in [-0.25, -0.2) is 9.80 Å². The number of rotatable bonds is 3. The first-order valence-electron chi connectivity index (χ1n) is 3.49. The number of hydrazine groups is 1. The predicted molar refractivity (Wildman–Crippen MR) is 46.2 cm³/mol. The van der Waals surface area contributed by atoms with Gasteiger partial charge in [-0.15, -0.1) is 0 Å². The van der Waals surface area contributed by atoms with Crippen LogP contribution in [0.4, 0.5) is 4.79 Å². The Hall–Kier alpha value is -1.07. The Labute approximate surface area is 72.0 Å². The van der Waals surface area contributed by atoms with Crippen molar-refractivity contribution >= 4 is 6.03 Å². The van der Waals surface area contributed by atoms with E-state index in [2.05, 4.69) is 17.3 Å². The van der Waals surface area contributed by atoms with Gasteiger partial charge in [-0.2, -0.15) is 0 Å². The molecule has 3 N–H and O–H groups in total. The Balaban J connectivity index is 3.92. The van der Waals surface area contributed by atoms with Crippen molar-refractivity contribution in [2.45, 2.75) is 12.6 Å². The number of nitrogens with zero attached hydrogens (tertiary/aromatic N) is 1. The quantitative estimate of drug-likeness (QED) is 0.311. The highest BCUT2D eigenvalue weighted by Gasteiger charge is 2.17. The zero-order valence-electron chi connectivity index (χ0n) is 7.59. The topological polar surface area (TPSA) is 64.6 Å².